The van der Waals surface area contributed by atoms with E-state index >= 15 is 0 Å². The summed E-state index contributed by atoms with van der Waals surface area (Å²) in [4.78, 5) is 0. The SMILES string of the molecule is Cc1nn(-c2ccc(NCCNS(=O)(=O)N(C)C)nn2)c(C)c1C. The summed E-state index contributed by atoms with van der Waals surface area (Å²) in [5.41, 5.74) is 3.12. The van der Waals surface area contributed by atoms with Gasteiger partial charge in [0.15, 0.2) is 5.82 Å². The maximum Gasteiger partial charge on any atom is 0.278 e. The number of hydrogen-bond donors (Lipinski definition) is 2. The van der Waals surface area contributed by atoms with Gasteiger partial charge in [0, 0.05) is 32.9 Å². The lowest BCUT2D eigenvalue weighted by molar-refractivity contribution is 0.507. The van der Waals surface area contributed by atoms with E-state index in [0.29, 0.717) is 18.2 Å². The summed E-state index contributed by atoms with van der Waals surface area (Å²) in [5, 5.41) is 15.7. The fourth-order valence-electron chi connectivity index (χ4n) is 1.98. The molecule has 132 valence electrons. The van der Waals surface area contributed by atoms with Gasteiger partial charge >= 0.3 is 0 Å². The Morgan fingerprint density at radius 2 is 1.83 bits per heavy atom. The predicted molar refractivity (Wildman–Crippen MR) is 92.5 cm³/mol. The Hall–Kier alpha value is -2.04. The van der Waals surface area contributed by atoms with Crippen LogP contribution >= 0.6 is 0 Å². The molecule has 0 fully saturated rings. The van der Waals surface area contributed by atoms with E-state index in [1.807, 2.05) is 26.8 Å². The summed E-state index contributed by atoms with van der Waals surface area (Å²) in [7, 11) is -0.460. The zero-order valence-corrected chi connectivity index (χ0v) is 15.3. The molecule has 2 N–H and O–H groups in total. The molecule has 0 aliphatic heterocycles. The molecule has 2 rings (SSSR count). The lowest BCUT2D eigenvalue weighted by Gasteiger charge is -2.12. The van der Waals surface area contributed by atoms with Crippen LogP contribution in [-0.4, -0.2) is 59.9 Å². The van der Waals surface area contributed by atoms with Crippen molar-refractivity contribution in [2.24, 2.45) is 0 Å². The van der Waals surface area contributed by atoms with Gasteiger partial charge in [-0.1, -0.05) is 0 Å². The van der Waals surface area contributed by atoms with Crippen molar-refractivity contribution in [2.45, 2.75) is 20.8 Å². The highest BCUT2D eigenvalue weighted by atomic mass is 32.2. The van der Waals surface area contributed by atoms with Crippen molar-refractivity contribution in [1.29, 1.82) is 0 Å². The second kappa shape index (κ2) is 7.24. The summed E-state index contributed by atoms with van der Waals surface area (Å²) < 4.78 is 28.4. The molecule has 0 saturated carbocycles. The first-order chi connectivity index (χ1) is 11.2. The number of aryl methyl sites for hydroxylation is 1. The van der Waals surface area contributed by atoms with Gasteiger partial charge in [-0.3, -0.25) is 0 Å². The fourth-order valence-corrected chi connectivity index (χ4v) is 2.59. The van der Waals surface area contributed by atoms with Gasteiger partial charge in [0.2, 0.25) is 0 Å². The normalized spacial score (nSPS) is 11.9. The highest BCUT2D eigenvalue weighted by Crippen LogP contribution is 2.15. The van der Waals surface area contributed by atoms with Crippen LogP contribution in [0, 0.1) is 20.8 Å². The van der Waals surface area contributed by atoms with E-state index in [-0.39, 0.29) is 6.54 Å². The summed E-state index contributed by atoms with van der Waals surface area (Å²) in [6.07, 6.45) is 0. The van der Waals surface area contributed by atoms with Crippen LogP contribution < -0.4 is 10.0 Å². The van der Waals surface area contributed by atoms with Crippen molar-refractivity contribution in [1.82, 2.24) is 29.0 Å². The van der Waals surface area contributed by atoms with E-state index in [1.165, 1.54) is 14.1 Å². The molecule has 0 aliphatic rings. The molecule has 0 aromatic carbocycles. The van der Waals surface area contributed by atoms with Crippen molar-refractivity contribution in [3.8, 4) is 5.82 Å². The molecule has 0 aliphatic carbocycles. The average Bonchev–Trinajstić information content (AvgIpc) is 2.79. The molecule has 0 radical (unpaired) electrons. The predicted octanol–water partition coefficient (Wildman–Crippen LogP) is 0.395. The van der Waals surface area contributed by atoms with Crippen LogP contribution in [-0.2, 0) is 10.2 Å². The largest absolute Gasteiger partial charge is 0.367 e. The van der Waals surface area contributed by atoms with Gasteiger partial charge in [0.25, 0.3) is 10.2 Å². The summed E-state index contributed by atoms with van der Waals surface area (Å²) in [5.74, 6) is 1.21. The molecule has 0 atom stereocenters. The molecular weight excluding hydrogens is 330 g/mol. The fraction of sp³-hybridized carbons (Fsp3) is 0.500. The molecule has 0 saturated heterocycles. The number of hydrogen-bond acceptors (Lipinski definition) is 6. The van der Waals surface area contributed by atoms with E-state index < -0.39 is 10.2 Å². The maximum atomic E-state index is 11.6. The Kier molecular flexibility index (Phi) is 5.52. The average molecular weight is 353 g/mol. The third-order valence-electron chi connectivity index (χ3n) is 3.72. The minimum Gasteiger partial charge on any atom is -0.367 e. The zero-order valence-electron chi connectivity index (χ0n) is 14.5. The van der Waals surface area contributed by atoms with Gasteiger partial charge in [-0.05, 0) is 38.5 Å². The van der Waals surface area contributed by atoms with Crippen LogP contribution in [0.4, 0.5) is 5.82 Å². The zero-order chi connectivity index (χ0) is 17.9. The van der Waals surface area contributed by atoms with Gasteiger partial charge in [-0.2, -0.15) is 17.8 Å². The third kappa shape index (κ3) is 4.08. The second-order valence-corrected chi connectivity index (χ2v) is 7.56. The van der Waals surface area contributed by atoms with Gasteiger partial charge in [0.05, 0.1) is 5.69 Å². The monoisotopic (exact) mass is 353 g/mol. The summed E-state index contributed by atoms with van der Waals surface area (Å²) >= 11 is 0. The third-order valence-corrected chi connectivity index (χ3v) is 5.25. The van der Waals surface area contributed by atoms with Crippen LogP contribution in [0.25, 0.3) is 5.82 Å². The quantitative estimate of drug-likeness (QED) is 0.698. The highest BCUT2D eigenvalue weighted by molar-refractivity contribution is 7.87. The molecule has 0 spiro atoms. The van der Waals surface area contributed by atoms with Crippen molar-refractivity contribution in [2.75, 3.05) is 32.5 Å². The maximum absolute atomic E-state index is 11.6. The number of rotatable bonds is 7. The van der Waals surface area contributed by atoms with Crippen molar-refractivity contribution >= 4 is 16.0 Å². The van der Waals surface area contributed by atoms with Crippen molar-refractivity contribution in [3.63, 3.8) is 0 Å². The van der Waals surface area contributed by atoms with E-state index in [4.69, 9.17) is 0 Å². The molecule has 10 heteroatoms. The number of nitrogens with zero attached hydrogens (tertiary/aromatic N) is 5. The van der Waals surface area contributed by atoms with Crippen LogP contribution in [0.2, 0.25) is 0 Å². The van der Waals surface area contributed by atoms with E-state index in [9.17, 15) is 8.42 Å². The minimum absolute atomic E-state index is 0.251. The lowest BCUT2D eigenvalue weighted by Crippen LogP contribution is -2.38. The standard InChI is InChI=1S/C14H23N7O2S/c1-10-11(2)19-21(12(10)3)14-7-6-13(17-18-14)15-8-9-16-24(22,23)20(4)5/h6-7,16H,8-9H2,1-5H3,(H,15,17). The molecule has 2 aromatic heterocycles. The Balaban J connectivity index is 1.94. The summed E-state index contributed by atoms with van der Waals surface area (Å²) in [6.45, 7) is 6.62. The molecule has 9 nitrogen and oxygen atoms in total. The molecule has 24 heavy (non-hydrogen) atoms. The number of aromatic nitrogens is 4. The topological polar surface area (TPSA) is 105 Å². The molecule has 2 aromatic rings. The van der Waals surface area contributed by atoms with Crippen LogP contribution in [0.15, 0.2) is 12.1 Å². The Bertz CT molecular complexity index is 797. The Morgan fingerprint density at radius 1 is 1.12 bits per heavy atom. The van der Waals surface area contributed by atoms with Crippen LogP contribution in [0.3, 0.4) is 0 Å². The lowest BCUT2D eigenvalue weighted by atomic mass is 10.2. The van der Waals surface area contributed by atoms with Gasteiger partial charge in [-0.25, -0.2) is 9.40 Å². The van der Waals surface area contributed by atoms with E-state index in [1.54, 1.807) is 10.7 Å². The van der Waals surface area contributed by atoms with Crippen LogP contribution in [0.5, 0.6) is 0 Å². The first-order valence-corrected chi connectivity index (χ1v) is 8.94. The smallest absolute Gasteiger partial charge is 0.278 e. The Morgan fingerprint density at radius 3 is 2.33 bits per heavy atom. The molecular formula is C14H23N7O2S. The molecule has 0 unspecified atom stereocenters. The summed E-state index contributed by atoms with van der Waals surface area (Å²) in [6, 6.07) is 3.60. The molecule has 2 heterocycles. The first kappa shape index (κ1) is 18.3. The first-order valence-electron chi connectivity index (χ1n) is 7.50. The van der Waals surface area contributed by atoms with Gasteiger partial charge in [-0.15, -0.1) is 10.2 Å². The van der Waals surface area contributed by atoms with Gasteiger partial charge < -0.3 is 5.32 Å². The Labute approximate surface area is 142 Å². The minimum atomic E-state index is -3.41. The van der Waals surface area contributed by atoms with E-state index in [0.717, 1.165) is 21.3 Å². The molecule has 0 bridgehead atoms. The highest BCUT2D eigenvalue weighted by Gasteiger charge is 2.12. The van der Waals surface area contributed by atoms with E-state index in [2.05, 4.69) is 25.3 Å². The molecule has 0 amide bonds. The van der Waals surface area contributed by atoms with Crippen molar-refractivity contribution in [3.05, 3.63) is 29.1 Å². The number of nitrogens with one attached hydrogen (secondary N) is 2. The van der Waals surface area contributed by atoms with Gasteiger partial charge in [0.1, 0.15) is 5.82 Å². The van der Waals surface area contributed by atoms with Crippen molar-refractivity contribution < 1.29 is 8.42 Å². The number of anilines is 1. The second-order valence-electron chi connectivity index (χ2n) is 5.59. The van der Waals surface area contributed by atoms with Crippen LogP contribution in [0.1, 0.15) is 17.0 Å².